The summed E-state index contributed by atoms with van der Waals surface area (Å²) in [6.45, 7) is 3.69. The van der Waals surface area contributed by atoms with Crippen LogP contribution in [0.15, 0.2) is 41.3 Å². The molecular weight excluding hydrogens is 524 g/mol. The van der Waals surface area contributed by atoms with Gasteiger partial charge in [0.25, 0.3) is 5.91 Å². The van der Waals surface area contributed by atoms with Crippen LogP contribution in [0, 0.1) is 0 Å². The number of benzene rings is 2. The van der Waals surface area contributed by atoms with Crippen molar-refractivity contribution in [1.82, 2.24) is 14.1 Å². The minimum atomic E-state index is -3.95. The first-order chi connectivity index (χ1) is 18.6. The fraction of sp³-hybridized carbons (Fsp3) is 0.444. The van der Waals surface area contributed by atoms with Gasteiger partial charge in [-0.3, -0.25) is 9.59 Å². The number of nitrogens with one attached hydrogen (secondary N) is 1. The monoisotopic (exact) mass is 558 g/mol. The summed E-state index contributed by atoms with van der Waals surface area (Å²) in [6, 6.07) is 8.30. The molecule has 1 fully saturated rings. The molecule has 2 aromatic carbocycles. The van der Waals surface area contributed by atoms with Crippen LogP contribution in [-0.2, 0) is 30.8 Å². The maximum atomic E-state index is 13.8. The molecule has 2 amide bonds. The van der Waals surface area contributed by atoms with Gasteiger partial charge >= 0.3 is 5.97 Å². The molecule has 0 saturated carbocycles. The number of carbonyl (C=O) groups is 3. The fourth-order valence-corrected chi connectivity index (χ4v) is 6.68. The van der Waals surface area contributed by atoms with Crippen molar-refractivity contribution in [3.8, 4) is 5.75 Å². The number of fused-ring (bicyclic) bond motifs is 1. The van der Waals surface area contributed by atoms with Crippen molar-refractivity contribution in [2.75, 3.05) is 59.3 Å². The normalized spacial score (nSPS) is 18.6. The number of sulfonamides is 1. The molecule has 2 aliphatic rings. The number of esters is 1. The molecule has 0 aliphatic carbocycles. The van der Waals surface area contributed by atoms with Gasteiger partial charge in [-0.1, -0.05) is 0 Å². The highest BCUT2D eigenvalue weighted by atomic mass is 32.2. The third-order valence-corrected chi connectivity index (χ3v) is 9.01. The molecule has 1 N–H and O–H groups in total. The molecule has 2 heterocycles. The van der Waals surface area contributed by atoms with E-state index in [0.29, 0.717) is 54.9 Å². The van der Waals surface area contributed by atoms with Crippen molar-refractivity contribution in [2.24, 2.45) is 0 Å². The molecule has 0 spiro atoms. The predicted molar refractivity (Wildman–Crippen MR) is 144 cm³/mol. The second-order valence-electron chi connectivity index (χ2n) is 9.70. The number of hydrogen-bond acceptors (Lipinski definition) is 8. The molecule has 0 radical (unpaired) electrons. The van der Waals surface area contributed by atoms with Crippen LogP contribution < -0.4 is 10.1 Å². The van der Waals surface area contributed by atoms with Gasteiger partial charge in [0.2, 0.25) is 15.9 Å². The van der Waals surface area contributed by atoms with Crippen molar-refractivity contribution < 1.29 is 32.3 Å². The van der Waals surface area contributed by atoms with Crippen LogP contribution in [0.5, 0.6) is 5.75 Å². The number of likely N-dealkylation sites (N-methyl/N-ethyl adjacent to an activating group) is 1. The van der Waals surface area contributed by atoms with E-state index in [1.807, 2.05) is 7.05 Å². The lowest BCUT2D eigenvalue weighted by molar-refractivity contribution is -0.146. The largest absolute Gasteiger partial charge is 0.495 e. The molecule has 0 bridgehead atoms. The zero-order valence-electron chi connectivity index (χ0n) is 22.6. The number of methoxy groups -OCH3 is 2. The van der Waals surface area contributed by atoms with Gasteiger partial charge in [0, 0.05) is 44.4 Å². The highest BCUT2D eigenvalue weighted by Gasteiger charge is 2.40. The Morgan fingerprint density at radius 3 is 2.33 bits per heavy atom. The summed E-state index contributed by atoms with van der Waals surface area (Å²) in [6.07, 6.45) is 1.08. The number of ether oxygens (including phenoxy) is 2. The third-order valence-electron chi connectivity index (χ3n) is 7.09. The summed E-state index contributed by atoms with van der Waals surface area (Å²) in [4.78, 5) is 41.4. The Kier molecular flexibility index (Phi) is 8.57. The molecule has 210 valence electrons. The van der Waals surface area contributed by atoms with E-state index in [2.05, 4.69) is 10.2 Å². The lowest BCUT2D eigenvalue weighted by Gasteiger charge is -2.36. The Hall–Kier alpha value is -3.48. The maximum Gasteiger partial charge on any atom is 0.333 e. The van der Waals surface area contributed by atoms with Gasteiger partial charge in [0.1, 0.15) is 10.6 Å². The van der Waals surface area contributed by atoms with Crippen LogP contribution in [0.1, 0.15) is 40.9 Å². The van der Waals surface area contributed by atoms with E-state index in [1.165, 1.54) is 36.4 Å². The molecule has 4 rings (SSSR count). The molecule has 0 aromatic heterocycles. The summed E-state index contributed by atoms with van der Waals surface area (Å²) in [5, 5.41) is 2.65. The van der Waals surface area contributed by atoms with E-state index in [9.17, 15) is 22.8 Å². The van der Waals surface area contributed by atoms with Crippen LogP contribution in [0.4, 0.5) is 5.69 Å². The molecular formula is C27H34N4O7S. The van der Waals surface area contributed by atoms with Crippen LogP contribution in [0.2, 0.25) is 0 Å². The molecule has 2 aliphatic heterocycles. The molecule has 1 saturated heterocycles. The Balaban J connectivity index is 1.74. The first kappa shape index (κ1) is 28.5. The number of rotatable bonds is 6. The van der Waals surface area contributed by atoms with Gasteiger partial charge in [-0.2, -0.15) is 4.31 Å². The highest BCUT2D eigenvalue weighted by molar-refractivity contribution is 7.89. The molecule has 1 unspecified atom stereocenters. The summed E-state index contributed by atoms with van der Waals surface area (Å²) < 4.78 is 39.6. The zero-order chi connectivity index (χ0) is 28.3. The first-order valence-corrected chi connectivity index (χ1v) is 14.2. The number of amides is 2. The highest BCUT2D eigenvalue weighted by Crippen LogP contribution is 2.39. The summed E-state index contributed by atoms with van der Waals surface area (Å²) in [5.74, 6) is -1.13. The number of nitrogens with zero attached hydrogens (tertiary/aromatic N) is 3. The lowest BCUT2D eigenvalue weighted by atomic mass is 9.91. The van der Waals surface area contributed by atoms with Gasteiger partial charge in [-0.05, 0) is 74.0 Å². The van der Waals surface area contributed by atoms with E-state index in [0.717, 1.165) is 6.54 Å². The zero-order valence-corrected chi connectivity index (χ0v) is 23.4. The topological polar surface area (TPSA) is 126 Å². The average molecular weight is 559 g/mol. The minimum Gasteiger partial charge on any atom is -0.495 e. The molecule has 39 heavy (non-hydrogen) atoms. The predicted octanol–water partition coefficient (Wildman–Crippen LogP) is 1.89. The quantitative estimate of drug-likeness (QED) is 0.533. The third kappa shape index (κ3) is 5.92. The smallest absolute Gasteiger partial charge is 0.333 e. The van der Waals surface area contributed by atoms with E-state index >= 15 is 0 Å². The van der Waals surface area contributed by atoms with Gasteiger partial charge in [-0.25, -0.2) is 13.2 Å². The summed E-state index contributed by atoms with van der Waals surface area (Å²) >= 11 is 0. The first-order valence-electron chi connectivity index (χ1n) is 12.7. The van der Waals surface area contributed by atoms with Gasteiger partial charge in [0.05, 0.1) is 14.2 Å². The van der Waals surface area contributed by atoms with Crippen molar-refractivity contribution in [1.29, 1.82) is 0 Å². The number of hydrogen-bond donors (Lipinski definition) is 1. The molecule has 11 nitrogen and oxygen atoms in total. The second kappa shape index (κ2) is 11.7. The van der Waals surface area contributed by atoms with Crippen molar-refractivity contribution in [2.45, 2.75) is 30.7 Å². The number of carbonyl (C=O) groups excluding carboxylic acids is 3. The van der Waals surface area contributed by atoms with Crippen molar-refractivity contribution >= 4 is 33.5 Å². The lowest BCUT2D eigenvalue weighted by Crippen LogP contribution is -2.44. The van der Waals surface area contributed by atoms with Crippen LogP contribution in [0.25, 0.3) is 0 Å². The number of anilines is 1. The van der Waals surface area contributed by atoms with E-state index < -0.39 is 27.9 Å². The summed E-state index contributed by atoms with van der Waals surface area (Å²) in [5.41, 5.74) is 1.95. The Morgan fingerprint density at radius 1 is 0.974 bits per heavy atom. The Morgan fingerprint density at radius 2 is 1.69 bits per heavy atom. The van der Waals surface area contributed by atoms with Crippen molar-refractivity contribution in [3.05, 3.63) is 53.1 Å². The van der Waals surface area contributed by atoms with Crippen LogP contribution >= 0.6 is 0 Å². The van der Waals surface area contributed by atoms with Gasteiger partial charge in [0.15, 0.2) is 6.04 Å². The fourth-order valence-electron chi connectivity index (χ4n) is 5.04. The Labute approximate surface area is 228 Å². The van der Waals surface area contributed by atoms with Crippen LogP contribution in [0.3, 0.4) is 0 Å². The molecule has 2 aromatic rings. The second-order valence-corrected chi connectivity index (χ2v) is 11.6. The van der Waals surface area contributed by atoms with Crippen LogP contribution in [-0.4, -0.2) is 94.3 Å². The maximum absolute atomic E-state index is 13.8. The van der Waals surface area contributed by atoms with E-state index in [4.69, 9.17) is 9.47 Å². The van der Waals surface area contributed by atoms with E-state index in [1.54, 1.807) is 30.3 Å². The molecule has 1 atom stereocenters. The standard InChI is InChI=1S/C27H34N4O7S/c1-18(32)28-21-8-6-19(7-9-21)26(33)31-13-10-20-16-23(37-3)24(17-22(20)25(31)27(34)38-4)39(35,36)30-12-5-11-29(2)14-15-30/h6-9,16-17,25H,5,10-15H2,1-4H3,(H,28,32). The van der Waals surface area contributed by atoms with E-state index in [-0.39, 0.29) is 23.1 Å². The van der Waals surface area contributed by atoms with Gasteiger partial charge in [-0.15, -0.1) is 0 Å². The molecule has 12 heteroatoms. The van der Waals surface area contributed by atoms with Gasteiger partial charge < -0.3 is 24.6 Å². The minimum absolute atomic E-state index is 0.0452. The summed E-state index contributed by atoms with van der Waals surface area (Å²) in [7, 11) is 0.647. The van der Waals surface area contributed by atoms with Crippen molar-refractivity contribution in [3.63, 3.8) is 0 Å². The SMILES string of the molecule is COC(=O)C1c2cc(S(=O)(=O)N3CCCN(C)CC3)c(OC)cc2CCN1C(=O)c1ccc(NC(C)=O)cc1. The Bertz CT molecular complexity index is 1360. The average Bonchev–Trinajstić information content (AvgIpc) is 3.15.